The number of anilines is 1. The van der Waals surface area contributed by atoms with Crippen LogP contribution in [0.1, 0.15) is 36.0 Å². The molecule has 0 aromatic carbocycles. The van der Waals surface area contributed by atoms with Crippen LogP contribution < -0.4 is 4.90 Å². The molecule has 2 aliphatic rings. The summed E-state index contributed by atoms with van der Waals surface area (Å²) in [5.74, 6) is 1.49. The van der Waals surface area contributed by atoms with E-state index in [-0.39, 0.29) is 0 Å². The van der Waals surface area contributed by atoms with Crippen molar-refractivity contribution in [3.8, 4) is 0 Å². The molecule has 96 valence electrons. The predicted molar refractivity (Wildman–Crippen MR) is 68.9 cm³/mol. The minimum absolute atomic E-state index is 0.329. The van der Waals surface area contributed by atoms with Gasteiger partial charge in [0.1, 0.15) is 5.82 Å². The van der Waals surface area contributed by atoms with Crippen LogP contribution >= 0.6 is 0 Å². The van der Waals surface area contributed by atoms with Crippen molar-refractivity contribution >= 4 is 11.8 Å². The van der Waals surface area contributed by atoms with Crippen LogP contribution in [0.5, 0.6) is 0 Å². The molecule has 2 fully saturated rings. The van der Waals surface area contributed by atoms with Gasteiger partial charge in [-0.2, -0.15) is 0 Å². The zero-order valence-corrected chi connectivity index (χ0v) is 10.4. The van der Waals surface area contributed by atoms with Crippen molar-refractivity contribution < 1.29 is 9.90 Å². The fraction of sp³-hybridized carbons (Fsp3) is 0.571. The molecule has 4 heteroatoms. The first-order chi connectivity index (χ1) is 8.72. The van der Waals surface area contributed by atoms with Gasteiger partial charge in [0.25, 0.3) is 0 Å². The number of piperidine rings is 1. The number of carboxylic acids is 1. The largest absolute Gasteiger partial charge is 0.478 e. The molecule has 0 amide bonds. The third kappa shape index (κ3) is 2.19. The molecule has 1 N–H and O–H groups in total. The number of fused-ring (bicyclic) bond motifs is 2. The van der Waals surface area contributed by atoms with Crippen molar-refractivity contribution in [2.45, 2.75) is 25.7 Å². The molecule has 1 saturated carbocycles. The Bertz CT molecular complexity index is 449. The summed E-state index contributed by atoms with van der Waals surface area (Å²) >= 11 is 0. The molecule has 2 heterocycles. The lowest BCUT2D eigenvalue weighted by Crippen LogP contribution is -2.43. The van der Waals surface area contributed by atoms with Crippen molar-refractivity contribution in [3.05, 3.63) is 23.9 Å². The van der Waals surface area contributed by atoms with E-state index in [2.05, 4.69) is 9.88 Å². The highest BCUT2D eigenvalue weighted by Gasteiger charge is 2.31. The summed E-state index contributed by atoms with van der Waals surface area (Å²) in [4.78, 5) is 17.6. The number of nitrogens with zero attached hydrogens (tertiary/aromatic N) is 2. The molecule has 3 rings (SSSR count). The number of aromatic carboxylic acids is 1. The quantitative estimate of drug-likeness (QED) is 0.870. The third-order valence-corrected chi connectivity index (χ3v) is 4.17. The average molecular weight is 246 g/mol. The van der Waals surface area contributed by atoms with Crippen molar-refractivity contribution in [2.75, 3.05) is 18.0 Å². The zero-order chi connectivity index (χ0) is 12.5. The molecule has 2 bridgehead atoms. The molecule has 0 radical (unpaired) electrons. The lowest BCUT2D eigenvalue weighted by molar-refractivity contribution is 0.0697. The van der Waals surface area contributed by atoms with Crippen molar-refractivity contribution in [3.63, 3.8) is 0 Å². The number of hydrogen-bond donors (Lipinski definition) is 1. The molecule has 2 unspecified atom stereocenters. The van der Waals surface area contributed by atoms with Gasteiger partial charge in [-0.15, -0.1) is 0 Å². The van der Waals surface area contributed by atoms with E-state index < -0.39 is 5.97 Å². The lowest BCUT2D eigenvalue weighted by atomic mass is 9.78. The van der Waals surface area contributed by atoms with Gasteiger partial charge in [-0.05, 0) is 43.2 Å². The molecule has 4 nitrogen and oxygen atoms in total. The van der Waals surface area contributed by atoms with Gasteiger partial charge in [-0.1, -0.05) is 6.42 Å². The molecule has 1 aromatic heterocycles. The van der Waals surface area contributed by atoms with Crippen LogP contribution in [0.25, 0.3) is 0 Å². The van der Waals surface area contributed by atoms with Gasteiger partial charge in [0.2, 0.25) is 0 Å². The van der Waals surface area contributed by atoms with Crippen molar-refractivity contribution in [1.29, 1.82) is 0 Å². The Balaban J connectivity index is 1.82. The van der Waals surface area contributed by atoms with E-state index in [1.165, 1.54) is 25.7 Å². The van der Waals surface area contributed by atoms with Gasteiger partial charge in [0, 0.05) is 19.3 Å². The highest BCUT2D eigenvalue weighted by Crippen LogP contribution is 2.35. The van der Waals surface area contributed by atoms with Gasteiger partial charge in [0.05, 0.1) is 5.56 Å². The molecule has 1 saturated heterocycles. The fourth-order valence-electron chi connectivity index (χ4n) is 3.34. The molecular weight excluding hydrogens is 228 g/mol. The smallest absolute Gasteiger partial charge is 0.335 e. The lowest BCUT2D eigenvalue weighted by Gasteiger charge is -2.42. The zero-order valence-electron chi connectivity index (χ0n) is 10.4. The van der Waals surface area contributed by atoms with Gasteiger partial charge in [0.15, 0.2) is 0 Å². The van der Waals surface area contributed by atoms with E-state index in [0.29, 0.717) is 5.56 Å². The van der Waals surface area contributed by atoms with Crippen LogP contribution in [0.15, 0.2) is 18.3 Å². The normalized spacial score (nSPS) is 27.0. The van der Waals surface area contributed by atoms with E-state index in [4.69, 9.17) is 5.11 Å². The van der Waals surface area contributed by atoms with Gasteiger partial charge >= 0.3 is 5.97 Å². The first-order valence-electron chi connectivity index (χ1n) is 6.66. The molecule has 18 heavy (non-hydrogen) atoms. The Labute approximate surface area is 107 Å². The Morgan fingerprint density at radius 2 is 2.06 bits per heavy atom. The maximum Gasteiger partial charge on any atom is 0.335 e. The second-order valence-electron chi connectivity index (χ2n) is 5.51. The van der Waals surface area contributed by atoms with E-state index in [1.807, 2.05) is 0 Å². The predicted octanol–water partition coefficient (Wildman–Crippen LogP) is 2.41. The van der Waals surface area contributed by atoms with Crippen LogP contribution in [-0.2, 0) is 0 Å². The minimum Gasteiger partial charge on any atom is -0.478 e. The molecule has 1 aliphatic carbocycles. The summed E-state index contributed by atoms with van der Waals surface area (Å²) in [5.41, 5.74) is 0.329. The molecule has 1 aliphatic heterocycles. The van der Waals surface area contributed by atoms with Crippen LogP contribution in [0.2, 0.25) is 0 Å². The molecule has 1 aromatic rings. The van der Waals surface area contributed by atoms with Crippen LogP contribution in [0, 0.1) is 11.8 Å². The Kier molecular flexibility index (Phi) is 2.94. The van der Waals surface area contributed by atoms with E-state index in [1.54, 1.807) is 18.3 Å². The van der Waals surface area contributed by atoms with E-state index >= 15 is 0 Å². The van der Waals surface area contributed by atoms with Gasteiger partial charge in [-0.3, -0.25) is 0 Å². The standard InChI is InChI=1S/C14H18N2O2/c17-14(18)12-4-5-15-13(7-12)16-8-10-2-1-3-11(6-10)9-16/h4-5,7,10-11H,1-3,6,8-9H2,(H,17,18). The summed E-state index contributed by atoms with van der Waals surface area (Å²) in [5, 5.41) is 9.02. The first-order valence-corrected chi connectivity index (χ1v) is 6.66. The highest BCUT2D eigenvalue weighted by atomic mass is 16.4. The summed E-state index contributed by atoms with van der Waals surface area (Å²) in [6.07, 6.45) is 6.92. The van der Waals surface area contributed by atoms with Crippen LogP contribution in [-0.4, -0.2) is 29.1 Å². The number of carboxylic acid groups (broad SMARTS) is 1. The second kappa shape index (κ2) is 4.59. The SMILES string of the molecule is O=C(O)c1ccnc(N2CC3CCCC(C3)C2)c1. The van der Waals surface area contributed by atoms with Crippen molar-refractivity contribution in [2.24, 2.45) is 11.8 Å². The molecule has 2 atom stereocenters. The maximum absolute atomic E-state index is 11.0. The Hall–Kier alpha value is -1.58. The second-order valence-corrected chi connectivity index (χ2v) is 5.51. The first kappa shape index (κ1) is 11.5. The Morgan fingerprint density at radius 3 is 2.72 bits per heavy atom. The summed E-state index contributed by atoms with van der Waals surface area (Å²) in [7, 11) is 0. The average Bonchev–Trinajstić information content (AvgIpc) is 2.38. The summed E-state index contributed by atoms with van der Waals surface area (Å²) in [6, 6.07) is 3.25. The number of aromatic nitrogens is 1. The number of rotatable bonds is 2. The van der Waals surface area contributed by atoms with E-state index in [0.717, 1.165) is 30.7 Å². The van der Waals surface area contributed by atoms with E-state index in [9.17, 15) is 4.79 Å². The Morgan fingerprint density at radius 1 is 1.33 bits per heavy atom. The fourth-order valence-corrected chi connectivity index (χ4v) is 3.34. The number of hydrogen-bond acceptors (Lipinski definition) is 3. The third-order valence-electron chi connectivity index (χ3n) is 4.17. The maximum atomic E-state index is 11.0. The number of carbonyl (C=O) groups is 1. The molecular formula is C14H18N2O2. The van der Waals surface area contributed by atoms with Crippen LogP contribution in [0.3, 0.4) is 0 Å². The monoisotopic (exact) mass is 246 g/mol. The topological polar surface area (TPSA) is 53.4 Å². The van der Waals surface area contributed by atoms with Gasteiger partial charge in [-0.25, -0.2) is 9.78 Å². The molecule has 0 spiro atoms. The number of pyridine rings is 1. The summed E-state index contributed by atoms with van der Waals surface area (Å²) < 4.78 is 0. The van der Waals surface area contributed by atoms with Crippen LogP contribution in [0.4, 0.5) is 5.82 Å². The minimum atomic E-state index is -0.879. The summed E-state index contributed by atoms with van der Waals surface area (Å²) in [6.45, 7) is 2.07. The van der Waals surface area contributed by atoms with Gasteiger partial charge < -0.3 is 10.0 Å². The van der Waals surface area contributed by atoms with Crippen molar-refractivity contribution in [1.82, 2.24) is 4.98 Å². The highest BCUT2D eigenvalue weighted by molar-refractivity contribution is 5.88.